The number of anilines is 2. The maximum atomic E-state index is 11.8. The van der Waals surface area contributed by atoms with Gasteiger partial charge in [0.15, 0.2) is 0 Å². The summed E-state index contributed by atoms with van der Waals surface area (Å²) in [6.07, 6.45) is 0. The van der Waals surface area contributed by atoms with Crippen LogP contribution in [-0.2, 0) is 0 Å². The number of hydrogen-bond acceptors (Lipinski definition) is 3. The fourth-order valence-corrected chi connectivity index (χ4v) is 1.60. The third kappa shape index (κ3) is 3.16. The number of ether oxygens (including phenoxy) is 1. The molecule has 0 aliphatic heterocycles. The highest BCUT2D eigenvalue weighted by atomic mass is 16.5. The van der Waals surface area contributed by atoms with E-state index in [1.165, 1.54) is 13.2 Å². The molecular formula is C14H14N2O3. The molecule has 0 fully saturated rings. The lowest BCUT2D eigenvalue weighted by Crippen LogP contribution is -2.19. The van der Waals surface area contributed by atoms with Crippen molar-refractivity contribution in [2.24, 2.45) is 0 Å². The van der Waals surface area contributed by atoms with E-state index in [2.05, 4.69) is 10.6 Å². The summed E-state index contributed by atoms with van der Waals surface area (Å²) >= 11 is 0. The first-order chi connectivity index (χ1) is 9.20. The molecule has 0 heterocycles. The van der Waals surface area contributed by atoms with E-state index in [0.29, 0.717) is 17.1 Å². The van der Waals surface area contributed by atoms with Gasteiger partial charge in [0, 0.05) is 0 Å². The second kappa shape index (κ2) is 5.77. The summed E-state index contributed by atoms with van der Waals surface area (Å²) < 4.78 is 5.13. The highest BCUT2D eigenvalue weighted by Crippen LogP contribution is 2.25. The SMILES string of the molecule is COc1ccccc1NC(=O)Nc1ccccc1O. The average molecular weight is 258 g/mol. The number of amides is 2. The highest BCUT2D eigenvalue weighted by molar-refractivity contribution is 6.01. The molecule has 0 saturated heterocycles. The summed E-state index contributed by atoms with van der Waals surface area (Å²) in [6.45, 7) is 0. The number of aromatic hydroxyl groups is 1. The molecule has 2 aromatic rings. The first kappa shape index (κ1) is 12.8. The summed E-state index contributed by atoms with van der Waals surface area (Å²) in [6, 6.07) is 13.1. The molecule has 2 aromatic carbocycles. The van der Waals surface area contributed by atoms with E-state index in [1.54, 1.807) is 36.4 Å². The van der Waals surface area contributed by atoms with Crippen LogP contribution in [0.4, 0.5) is 16.2 Å². The van der Waals surface area contributed by atoms with E-state index in [9.17, 15) is 9.90 Å². The number of para-hydroxylation sites is 4. The van der Waals surface area contributed by atoms with Crippen molar-refractivity contribution in [1.82, 2.24) is 0 Å². The van der Waals surface area contributed by atoms with Crippen molar-refractivity contribution in [2.75, 3.05) is 17.7 Å². The molecule has 2 amide bonds. The van der Waals surface area contributed by atoms with E-state index in [0.717, 1.165) is 0 Å². The fourth-order valence-electron chi connectivity index (χ4n) is 1.60. The smallest absolute Gasteiger partial charge is 0.323 e. The van der Waals surface area contributed by atoms with Crippen LogP contribution in [0.5, 0.6) is 11.5 Å². The van der Waals surface area contributed by atoms with Crippen LogP contribution in [-0.4, -0.2) is 18.2 Å². The molecule has 0 spiro atoms. The second-order valence-electron chi connectivity index (χ2n) is 3.80. The number of methoxy groups -OCH3 is 1. The van der Waals surface area contributed by atoms with Crippen molar-refractivity contribution in [3.05, 3.63) is 48.5 Å². The Labute approximate surface area is 110 Å². The largest absolute Gasteiger partial charge is 0.506 e. The number of carbonyl (C=O) groups is 1. The molecule has 0 radical (unpaired) electrons. The molecule has 5 nitrogen and oxygen atoms in total. The van der Waals surface area contributed by atoms with Crippen molar-refractivity contribution < 1.29 is 14.6 Å². The van der Waals surface area contributed by atoms with E-state index in [1.807, 2.05) is 6.07 Å². The molecule has 0 aromatic heterocycles. The van der Waals surface area contributed by atoms with Crippen LogP contribution in [0.2, 0.25) is 0 Å². The number of phenols is 1. The average Bonchev–Trinajstić information content (AvgIpc) is 2.42. The van der Waals surface area contributed by atoms with Gasteiger partial charge in [-0.25, -0.2) is 4.79 Å². The van der Waals surface area contributed by atoms with E-state index in [4.69, 9.17) is 4.74 Å². The summed E-state index contributed by atoms with van der Waals surface area (Å²) in [5.74, 6) is 0.576. The second-order valence-corrected chi connectivity index (χ2v) is 3.80. The van der Waals surface area contributed by atoms with Crippen molar-refractivity contribution in [3.8, 4) is 11.5 Å². The van der Waals surface area contributed by atoms with E-state index < -0.39 is 6.03 Å². The van der Waals surface area contributed by atoms with Crippen LogP contribution in [0.1, 0.15) is 0 Å². The van der Waals surface area contributed by atoms with Gasteiger partial charge in [-0.3, -0.25) is 0 Å². The maximum Gasteiger partial charge on any atom is 0.323 e. The Balaban J connectivity index is 2.08. The predicted molar refractivity (Wildman–Crippen MR) is 73.7 cm³/mol. The molecule has 2 rings (SSSR count). The molecule has 0 saturated carbocycles. The Hall–Kier alpha value is -2.69. The molecular weight excluding hydrogens is 244 g/mol. The number of benzene rings is 2. The van der Waals surface area contributed by atoms with Gasteiger partial charge in [-0.1, -0.05) is 24.3 Å². The van der Waals surface area contributed by atoms with Crippen LogP contribution in [0.3, 0.4) is 0 Å². The number of urea groups is 1. The van der Waals surface area contributed by atoms with Gasteiger partial charge in [-0.2, -0.15) is 0 Å². The first-order valence-corrected chi connectivity index (χ1v) is 5.69. The number of nitrogens with one attached hydrogen (secondary N) is 2. The summed E-state index contributed by atoms with van der Waals surface area (Å²) in [5, 5.41) is 14.8. The Morgan fingerprint density at radius 2 is 1.58 bits per heavy atom. The van der Waals surface area contributed by atoms with Crippen LogP contribution in [0.25, 0.3) is 0 Å². The lowest BCUT2D eigenvalue weighted by Gasteiger charge is -2.11. The third-order valence-electron chi connectivity index (χ3n) is 2.51. The lowest BCUT2D eigenvalue weighted by molar-refractivity contribution is 0.262. The number of rotatable bonds is 3. The topological polar surface area (TPSA) is 70.6 Å². The molecule has 98 valence electrons. The number of phenolic OH excluding ortho intramolecular Hbond substituents is 1. The molecule has 0 bridgehead atoms. The van der Waals surface area contributed by atoms with Gasteiger partial charge < -0.3 is 20.5 Å². The monoisotopic (exact) mass is 258 g/mol. The van der Waals surface area contributed by atoms with E-state index in [-0.39, 0.29) is 5.75 Å². The van der Waals surface area contributed by atoms with Crippen LogP contribution in [0.15, 0.2) is 48.5 Å². The minimum Gasteiger partial charge on any atom is -0.506 e. The quantitative estimate of drug-likeness (QED) is 0.741. The Kier molecular flexibility index (Phi) is 3.87. The first-order valence-electron chi connectivity index (χ1n) is 5.69. The molecule has 0 aliphatic carbocycles. The van der Waals surface area contributed by atoms with Crippen LogP contribution >= 0.6 is 0 Å². The van der Waals surface area contributed by atoms with Crippen LogP contribution in [0, 0.1) is 0 Å². The minimum atomic E-state index is -0.453. The highest BCUT2D eigenvalue weighted by Gasteiger charge is 2.08. The minimum absolute atomic E-state index is 0.0117. The van der Waals surface area contributed by atoms with Crippen molar-refractivity contribution in [1.29, 1.82) is 0 Å². The zero-order chi connectivity index (χ0) is 13.7. The normalized spacial score (nSPS) is 9.74. The molecule has 3 N–H and O–H groups in total. The predicted octanol–water partition coefficient (Wildman–Crippen LogP) is 3.04. The van der Waals surface area contributed by atoms with Gasteiger partial charge in [0.05, 0.1) is 18.5 Å². The van der Waals surface area contributed by atoms with Crippen molar-refractivity contribution >= 4 is 17.4 Å². The van der Waals surface area contributed by atoms with Gasteiger partial charge in [-0.15, -0.1) is 0 Å². The Morgan fingerprint density at radius 1 is 1.00 bits per heavy atom. The summed E-state index contributed by atoms with van der Waals surface area (Å²) in [7, 11) is 1.53. The van der Waals surface area contributed by atoms with Gasteiger partial charge in [0.25, 0.3) is 0 Å². The number of hydrogen-bond donors (Lipinski definition) is 3. The maximum absolute atomic E-state index is 11.8. The molecule has 0 atom stereocenters. The summed E-state index contributed by atoms with van der Waals surface area (Å²) in [5.41, 5.74) is 0.896. The van der Waals surface area contributed by atoms with E-state index >= 15 is 0 Å². The Morgan fingerprint density at radius 3 is 2.26 bits per heavy atom. The fraction of sp³-hybridized carbons (Fsp3) is 0.0714. The van der Waals surface area contributed by atoms with Gasteiger partial charge in [0.1, 0.15) is 11.5 Å². The zero-order valence-electron chi connectivity index (χ0n) is 10.4. The number of carbonyl (C=O) groups excluding carboxylic acids is 1. The molecule has 0 unspecified atom stereocenters. The van der Waals surface area contributed by atoms with Gasteiger partial charge in [0.2, 0.25) is 0 Å². The zero-order valence-corrected chi connectivity index (χ0v) is 10.4. The van der Waals surface area contributed by atoms with Crippen molar-refractivity contribution in [2.45, 2.75) is 0 Å². The third-order valence-corrected chi connectivity index (χ3v) is 2.51. The molecule has 19 heavy (non-hydrogen) atoms. The summed E-state index contributed by atoms with van der Waals surface area (Å²) in [4.78, 5) is 11.8. The molecule has 5 heteroatoms. The Bertz CT molecular complexity index is 584. The standard InChI is InChI=1S/C14H14N2O3/c1-19-13-9-5-3-7-11(13)16-14(18)15-10-6-2-4-8-12(10)17/h2-9,17H,1H3,(H2,15,16,18). The lowest BCUT2D eigenvalue weighted by atomic mass is 10.3. The van der Waals surface area contributed by atoms with Gasteiger partial charge in [-0.05, 0) is 24.3 Å². The molecule has 0 aliphatic rings. The van der Waals surface area contributed by atoms with Gasteiger partial charge >= 0.3 is 6.03 Å². The van der Waals surface area contributed by atoms with Crippen LogP contribution < -0.4 is 15.4 Å². The van der Waals surface area contributed by atoms with Crippen molar-refractivity contribution in [3.63, 3.8) is 0 Å².